The predicted octanol–water partition coefficient (Wildman–Crippen LogP) is 4.23. The minimum absolute atomic E-state index is 0.128. The van der Waals surface area contributed by atoms with Crippen molar-refractivity contribution < 1.29 is 4.92 Å². The normalized spacial score (nSPS) is 10.7. The molecular formula is C8H3BrClNO2S. The summed E-state index contributed by atoms with van der Waals surface area (Å²) >= 11 is 10.3. The number of fused-ring (bicyclic) bond motifs is 1. The van der Waals surface area contributed by atoms with Crippen LogP contribution in [0.4, 0.5) is 5.00 Å². The van der Waals surface area contributed by atoms with E-state index in [-0.39, 0.29) is 5.00 Å². The highest BCUT2D eigenvalue weighted by Gasteiger charge is 2.14. The monoisotopic (exact) mass is 291 g/mol. The molecule has 14 heavy (non-hydrogen) atoms. The molecule has 1 aromatic carbocycles. The Balaban J connectivity index is 2.77. The molecule has 0 spiro atoms. The van der Waals surface area contributed by atoms with Crippen molar-refractivity contribution in [3.05, 3.63) is 37.8 Å². The molecule has 72 valence electrons. The minimum Gasteiger partial charge on any atom is -0.258 e. The molecule has 0 bridgehead atoms. The highest BCUT2D eigenvalue weighted by atomic mass is 79.9. The standard InChI is InChI=1S/C8H3BrClNO2S/c9-8-4-3-7(11(12)13)14-6(4)2-1-5(8)10/h1-3H. The number of hydrogen-bond donors (Lipinski definition) is 0. The molecule has 2 rings (SSSR count). The lowest BCUT2D eigenvalue weighted by Crippen LogP contribution is -1.80. The van der Waals surface area contributed by atoms with Crippen LogP contribution in [0.15, 0.2) is 22.7 Å². The Morgan fingerprint density at radius 3 is 2.86 bits per heavy atom. The Kier molecular flexibility index (Phi) is 2.47. The highest BCUT2D eigenvalue weighted by Crippen LogP contribution is 2.38. The smallest absolute Gasteiger partial charge is 0.258 e. The minimum atomic E-state index is -0.398. The van der Waals surface area contributed by atoms with Crippen molar-refractivity contribution in [2.24, 2.45) is 0 Å². The highest BCUT2D eigenvalue weighted by molar-refractivity contribution is 9.10. The van der Waals surface area contributed by atoms with Crippen molar-refractivity contribution in [1.29, 1.82) is 0 Å². The predicted molar refractivity (Wildman–Crippen MR) is 61.2 cm³/mol. The third kappa shape index (κ3) is 1.51. The van der Waals surface area contributed by atoms with Crippen LogP contribution in [-0.2, 0) is 0 Å². The van der Waals surface area contributed by atoms with E-state index in [1.165, 1.54) is 6.07 Å². The summed E-state index contributed by atoms with van der Waals surface area (Å²) in [6, 6.07) is 5.02. The number of rotatable bonds is 1. The lowest BCUT2D eigenvalue weighted by molar-refractivity contribution is -0.380. The fraction of sp³-hybridized carbons (Fsp3) is 0. The summed E-state index contributed by atoms with van der Waals surface area (Å²) in [4.78, 5) is 10.1. The van der Waals surface area contributed by atoms with E-state index in [0.717, 1.165) is 21.4 Å². The molecule has 0 saturated heterocycles. The van der Waals surface area contributed by atoms with Gasteiger partial charge in [0.2, 0.25) is 0 Å². The molecule has 0 N–H and O–H groups in total. The number of nitrogens with zero attached hydrogens (tertiary/aromatic N) is 1. The van der Waals surface area contributed by atoms with Crippen molar-refractivity contribution in [1.82, 2.24) is 0 Å². The molecule has 0 radical (unpaired) electrons. The largest absolute Gasteiger partial charge is 0.325 e. The second-order valence-corrected chi connectivity index (χ2v) is 4.88. The van der Waals surface area contributed by atoms with Gasteiger partial charge in [0, 0.05) is 20.6 Å². The molecule has 1 heterocycles. The molecule has 0 fully saturated rings. The fourth-order valence-corrected chi connectivity index (χ4v) is 2.77. The molecular weight excluding hydrogens is 290 g/mol. The van der Waals surface area contributed by atoms with Crippen LogP contribution in [0, 0.1) is 10.1 Å². The van der Waals surface area contributed by atoms with Gasteiger partial charge in [-0.15, -0.1) is 0 Å². The van der Waals surface area contributed by atoms with Crippen LogP contribution < -0.4 is 0 Å². The van der Waals surface area contributed by atoms with Crippen LogP contribution in [0.2, 0.25) is 5.02 Å². The summed E-state index contributed by atoms with van der Waals surface area (Å²) in [6.45, 7) is 0. The summed E-state index contributed by atoms with van der Waals surface area (Å²) in [6.07, 6.45) is 0. The summed E-state index contributed by atoms with van der Waals surface area (Å²) < 4.78 is 1.56. The Morgan fingerprint density at radius 2 is 2.21 bits per heavy atom. The zero-order chi connectivity index (χ0) is 10.3. The molecule has 0 aliphatic rings. The van der Waals surface area contributed by atoms with E-state index < -0.39 is 4.92 Å². The van der Waals surface area contributed by atoms with Gasteiger partial charge < -0.3 is 0 Å². The van der Waals surface area contributed by atoms with E-state index in [9.17, 15) is 10.1 Å². The van der Waals surface area contributed by atoms with Gasteiger partial charge in [0.15, 0.2) is 0 Å². The van der Waals surface area contributed by atoms with Crippen molar-refractivity contribution in [2.45, 2.75) is 0 Å². The first-order chi connectivity index (χ1) is 6.59. The van der Waals surface area contributed by atoms with Crippen LogP contribution >= 0.6 is 38.9 Å². The summed E-state index contributed by atoms with van der Waals surface area (Å²) in [5.41, 5.74) is 0. The average Bonchev–Trinajstić information content (AvgIpc) is 2.56. The van der Waals surface area contributed by atoms with Gasteiger partial charge in [-0.1, -0.05) is 22.9 Å². The second-order valence-electron chi connectivity index (χ2n) is 2.61. The maximum Gasteiger partial charge on any atom is 0.325 e. The van der Waals surface area contributed by atoms with Gasteiger partial charge in [-0.05, 0) is 28.1 Å². The molecule has 0 aliphatic heterocycles. The van der Waals surface area contributed by atoms with Crippen LogP contribution in [-0.4, -0.2) is 4.92 Å². The Hall–Kier alpha value is -0.650. The maximum absolute atomic E-state index is 10.5. The van der Waals surface area contributed by atoms with Crippen LogP contribution in [0.3, 0.4) is 0 Å². The van der Waals surface area contributed by atoms with Gasteiger partial charge in [0.05, 0.1) is 9.95 Å². The Bertz CT molecular complexity index is 525. The number of nitro groups is 1. The maximum atomic E-state index is 10.5. The average molecular weight is 293 g/mol. The number of benzene rings is 1. The fourth-order valence-electron chi connectivity index (χ4n) is 1.13. The zero-order valence-electron chi connectivity index (χ0n) is 6.66. The van der Waals surface area contributed by atoms with Crippen molar-refractivity contribution in [2.75, 3.05) is 0 Å². The number of thiophene rings is 1. The molecule has 2 aromatic rings. The van der Waals surface area contributed by atoms with E-state index >= 15 is 0 Å². The first-order valence-electron chi connectivity index (χ1n) is 3.61. The molecule has 0 saturated carbocycles. The van der Waals surface area contributed by atoms with Crippen LogP contribution in [0.5, 0.6) is 0 Å². The SMILES string of the molecule is O=[N+]([O-])c1cc2c(Br)c(Cl)ccc2s1. The van der Waals surface area contributed by atoms with Gasteiger partial charge in [-0.25, -0.2) is 0 Å². The number of halogens is 2. The van der Waals surface area contributed by atoms with E-state index in [2.05, 4.69) is 15.9 Å². The zero-order valence-corrected chi connectivity index (χ0v) is 9.82. The third-order valence-corrected chi connectivity index (χ3v) is 4.20. The van der Waals surface area contributed by atoms with E-state index in [1.54, 1.807) is 12.1 Å². The molecule has 3 nitrogen and oxygen atoms in total. The van der Waals surface area contributed by atoms with Crippen molar-refractivity contribution in [3.8, 4) is 0 Å². The first-order valence-corrected chi connectivity index (χ1v) is 5.60. The van der Waals surface area contributed by atoms with Gasteiger partial charge in [0.1, 0.15) is 0 Å². The summed E-state index contributed by atoms with van der Waals surface area (Å²) in [5.74, 6) is 0. The van der Waals surface area contributed by atoms with Gasteiger partial charge in [-0.2, -0.15) is 0 Å². The number of hydrogen-bond acceptors (Lipinski definition) is 3. The Labute approximate surface area is 96.6 Å². The van der Waals surface area contributed by atoms with E-state index in [0.29, 0.717) is 9.50 Å². The quantitative estimate of drug-likeness (QED) is 0.583. The molecule has 1 aromatic heterocycles. The van der Waals surface area contributed by atoms with Gasteiger partial charge in [-0.3, -0.25) is 10.1 Å². The second kappa shape index (κ2) is 3.49. The topological polar surface area (TPSA) is 43.1 Å². The van der Waals surface area contributed by atoms with Crippen LogP contribution in [0.1, 0.15) is 0 Å². The lowest BCUT2D eigenvalue weighted by Gasteiger charge is -1.94. The molecule has 0 aliphatic carbocycles. The summed E-state index contributed by atoms with van der Waals surface area (Å²) in [7, 11) is 0. The molecule has 6 heteroatoms. The Morgan fingerprint density at radius 1 is 1.50 bits per heavy atom. The molecule has 0 amide bonds. The van der Waals surface area contributed by atoms with E-state index in [1.807, 2.05) is 0 Å². The van der Waals surface area contributed by atoms with Gasteiger partial charge in [0.25, 0.3) is 0 Å². The van der Waals surface area contributed by atoms with Crippen molar-refractivity contribution >= 4 is 54.0 Å². The van der Waals surface area contributed by atoms with Crippen molar-refractivity contribution in [3.63, 3.8) is 0 Å². The third-order valence-electron chi connectivity index (χ3n) is 1.75. The lowest BCUT2D eigenvalue weighted by atomic mass is 10.3. The van der Waals surface area contributed by atoms with Gasteiger partial charge >= 0.3 is 5.00 Å². The molecule has 0 unspecified atom stereocenters. The molecule has 0 atom stereocenters. The van der Waals surface area contributed by atoms with Crippen LogP contribution in [0.25, 0.3) is 10.1 Å². The van der Waals surface area contributed by atoms with E-state index in [4.69, 9.17) is 11.6 Å². The summed E-state index contributed by atoms with van der Waals surface area (Å²) in [5, 5.41) is 12.0. The first kappa shape index (κ1) is 9.89.